The first kappa shape index (κ1) is 23.4. The van der Waals surface area contributed by atoms with Crippen molar-refractivity contribution >= 4 is 5.97 Å². The molecule has 0 radical (unpaired) electrons. The van der Waals surface area contributed by atoms with E-state index in [2.05, 4.69) is 6.92 Å². The van der Waals surface area contributed by atoms with Crippen LogP contribution in [-0.4, -0.2) is 43.8 Å². The van der Waals surface area contributed by atoms with E-state index in [-0.39, 0.29) is 24.5 Å². The van der Waals surface area contributed by atoms with Crippen LogP contribution in [0.15, 0.2) is 36.4 Å². The van der Waals surface area contributed by atoms with Gasteiger partial charge in [-0.25, -0.2) is 0 Å². The van der Waals surface area contributed by atoms with Crippen LogP contribution in [0.1, 0.15) is 57.6 Å². The third kappa shape index (κ3) is 7.46. The molecule has 162 valence electrons. The lowest BCUT2D eigenvalue weighted by atomic mass is 9.91. The summed E-state index contributed by atoms with van der Waals surface area (Å²) in [5.74, 6) is 0.106. The molecule has 6 nitrogen and oxygen atoms in total. The summed E-state index contributed by atoms with van der Waals surface area (Å²) in [6.07, 6.45) is 6.63. The average molecular weight is 407 g/mol. The molecule has 6 heteroatoms. The van der Waals surface area contributed by atoms with Crippen LogP contribution >= 0.6 is 0 Å². The van der Waals surface area contributed by atoms with Gasteiger partial charge in [-0.2, -0.15) is 0 Å². The molecule has 0 spiro atoms. The zero-order valence-corrected chi connectivity index (χ0v) is 17.7. The molecule has 0 amide bonds. The summed E-state index contributed by atoms with van der Waals surface area (Å²) in [5, 5.41) is 8.77. The summed E-state index contributed by atoms with van der Waals surface area (Å²) in [6, 6.07) is 7.88. The van der Waals surface area contributed by atoms with Crippen molar-refractivity contribution in [1.82, 2.24) is 0 Å². The lowest BCUT2D eigenvalue weighted by Crippen LogP contribution is -2.41. The third-order valence-corrected chi connectivity index (χ3v) is 5.02. The molecule has 1 saturated heterocycles. The number of ether oxygens (including phenoxy) is 4. The minimum absolute atomic E-state index is 0.103. The number of carbonyl (C=O) groups is 1. The average Bonchev–Trinajstić information content (AvgIpc) is 2.73. The van der Waals surface area contributed by atoms with Gasteiger partial charge in [0.05, 0.1) is 19.8 Å². The molecule has 2 rings (SSSR count). The normalized spacial score (nSPS) is 23.2. The number of benzene rings is 1. The number of hydrogen-bond acceptors (Lipinski definition) is 5. The van der Waals surface area contributed by atoms with E-state index in [9.17, 15) is 4.79 Å². The van der Waals surface area contributed by atoms with Crippen molar-refractivity contribution in [3.8, 4) is 5.75 Å². The zero-order chi connectivity index (χ0) is 21.1. The molecular formula is C23H34O6. The van der Waals surface area contributed by atoms with Gasteiger partial charge in [0.25, 0.3) is 0 Å². The lowest BCUT2D eigenvalue weighted by molar-refractivity contribution is -0.275. The van der Waals surface area contributed by atoms with Crippen LogP contribution in [0.4, 0.5) is 0 Å². The summed E-state index contributed by atoms with van der Waals surface area (Å²) in [4.78, 5) is 10.7. The molecule has 0 saturated carbocycles. The maximum atomic E-state index is 10.7. The van der Waals surface area contributed by atoms with Gasteiger partial charge in [0.1, 0.15) is 11.9 Å². The van der Waals surface area contributed by atoms with E-state index < -0.39 is 12.3 Å². The number of methoxy groups -OCH3 is 1. The van der Waals surface area contributed by atoms with Gasteiger partial charge in [0, 0.05) is 24.5 Å². The third-order valence-electron chi connectivity index (χ3n) is 5.02. The van der Waals surface area contributed by atoms with Gasteiger partial charge in [0.15, 0.2) is 6.29 Å². The van der Waals surface area contributed by atoms with E-state index in [1.165, 1.54) is 0 Å². The molecule has 1 fully saturated rings. The van der Waals surface area contributed by atoms with Crippen molar-refractivity contribution in [2.45, 2.75) is 64.4 Å². The van der Waals surface area contributed by atoms with E-state index >= 15 is 0 Å². The van der Waals surface area contributed by atoms with Crippen molar-refractivity contribution in [3.05, 3.63) is 42.0 Å². The molecule has 1 aliphatic rings. The molecule has 1 heterocycles. The van der Waals surface area contributed by atoms with Gasteiger partial charge in [-0.05, 0) is 32.3 Å². The highest BCUT2D eigenvalue weighted by Crippen LogP contribution is 2.39. The molecule has 1 aromatic rings. The fourth-order valence-electron chi connectivity index (χ4n) is 3.36. The van der Waals surface area contributed by atoms with Crippen LogP contribution < -0.4 is 4.74 Å². The van der Waals surface area contributed by atoms with Gasteiger partial charge >= 0.3 is 5.97 Å². The first-order valence-corrected chi connectivity index (χ1v) is 10.4. The number of unbranched alkanes of at least 4 members (excludes halogenated alkanes) is 1. The molecule has 0 aliphatic carbocycles. The molecule has 1 aromatic carbocycles. The summed E-state index contributed by atoms with van der Waals surface area (Å²) >= 11 is 0. The number of hydrogen-bond donors (Lipinski definition) is 1. The predicted octanol–water partition coefficient (Wildman–Crippen LogP) is 4.74. The van der Waals surface area contributed by atoms with Crippen LogP contribution in [0.5, 0.6) is 5.75 Å². The maximum absolute atomic E-state index is 10.7. The SMILES string of the molecule is CCCCOC(C)C1OCC(C/C=C\CCC(=O)O)C(c2ccccc2OC)O1. The van der Waals surface area contributed by atoms with Crippen molar-refractivity contribution in [3.63, 3.8) is 0 Å². The van der Waals surface area contributed by atoms with Crippen LogP contribution in [0.3, 0.4) is 0 Å². The molecule has 1 aliphatic heterocycles. The Balaban J connectivity index is 2.08. The summed E-state index contributed by atoms with van der Waals surface area (Å²) in [6.45, 7) is 5.34. The quantitative estimate of drug-likeness (QED) is 0.399. The Hall–Kier alpha value is -1.89. The van der Waals surface area contributed by atoms with Crippen LogP contribution in [0.25, 0.3) is 0 Å². The van der Waals surface area contributed by atoms with E-state index in [4.69, 9.17) is 24.1 Å². The van der Waals surface area contributed by atoms with Crippen molar-refractivity contribution in [1.29, 1.82) is 0 Å². The van der Waals surface area contributed by atoms with Crippen LogP contribution in [0.2, 0.25) is 0 Å². The summed E-state index contributed by atoms with van der Waals surface area (Å²) < 4.78 is 23.8. The maximum Gasteiger partial charge on any atom is 0.303 e. The monoisotopic (exact) mass is 406 g/mol. The van der Waals surface area contributed by atoms with Gasteiger partial charge in [0.2, 0.25) is 0 Å². The molecule has 0 bridgehead atoms. The second-order valence-electron chi connectivity index (χ2n) is 7.33. The Kier molecular flexibility index (Phi) is 10.2. The van der Waals surface area contributed by atoms with E-state index in [0.717, 1.165) is 30.6 Å². The molecule has 1 N–H and O–H groups in total. The van der Waals surface area contributed by atoms with Crippen LogP contribution in [-0.2, 0) is 19.0 Å². The van der Waals surface area contributed by atoms with Gasteiger partial charge in [-0.15, -0.1) is 0 Å². The highest BCUT2D eigenvalue weighted by Gasteiger charge is 2.36. The minimum atomic E-state index is -0.786. The fraction of sp³-hybridized carbons (Fsp3) is 0.609. The largest absolute Gasteiger partial charge is 0.496 e. The predicted molar refractivity (Wildman–Crippen MR) is 111 cm³/mol. The summed E-state index contributed by atoms with van der Waals surface area (Å²) in [5.41, 5.74) is 0.994. The second-order valence-corrected chi connectivity index (χ2v) is 7.33. The van der Waals surface area contributed by atoms with Crippen molar-refractivity contribution < 1.29 is 28.8 Å². The number of aliphatic carboxylic acids is 1. The zero-order valence-electron chi connectivity index (χ0n) is 17.7. The Morgan fingerprint density at radius 3 is 2.86 bits per heavy atom. The highest BCUT2D eigenvalue weighted by atomic mass is 16.7. The van der Waals surface area contributed by atoms with E-state index in [1.54, 1.807) is 7.11 Å². The van der Waals surface area contributed by atoms with E-state index in [1.807, 2.05) is 43.3 Å². The number of allylic oxidation sites excluding steroid dienone is 2. The Morgan fingerprint density at radius 1 is 1.34 bits per heavy atom. The molecule has 4 unspecified atom stereocenters. The number of carboxylic acids is 1. The number of rotatable bonds is 12. The lowest BCUT2D eigenvalue weighted by Gasteiger charge is -2.39. The standard InChI is InChI=1S/C23H34O6/c1-4-5-15-27-17(2)23-28-16-18(11-7-6-8-14-21(24)25)22(29-23)19-12-9-10-13-20(19)26-3/h6-7,9-10,12-13,17-18,22-23H,4-5,8,11,14-16H2,1-3H3,(H,24,25)/b7-6-. The number of carboxylic acid groups (broad SMARTS) is 1. The van der Waals surface area contributed by atoms with Gasteiger partial charge in [-0.3, -0.25) is 4.79 Å². The minimum Gasteiger partial charge on any atom is -0.496 e. The first-order chi connectivity index (χ1) is 14.1. The van der Waals surface area contributed by atoms with Crippen LogP contribution in [0, 0.1) is 5.92 Å². The Labute approximate surface area is 173 Å². The molecule has 29 heavy (non-hydrogen) atoms. The topological polar surface area (TPSA) is 74.2 Å². The highest BCUT2D eigenvalue weighted by molar-refractivity contribution is 5.66. The fourth-order valence-corrected chi connectivity index (χ4v) is 3.36. The Morgan fingerprint density at radius 2 is 2.14 bits per heavy atom. The second kappa shape index (κ2) is 12.6. The van der Waals surface area contributed by atoms with E-state index in [0.29, 0.717) is 19.6 Å². The molecule has 0 aromatic heterocycles. The Bertz CT molecular complexity index is 644. The summed E-state index contributed by atoms with van der Waals surface area (Å²) in [7, 11) is 1.66. The molecular weight excluding hydrogens is 372 g/mol. The van der Waals surface area contributed by atoms with Gasteiger partial charge in [-0.1, -0.05) is 43.7 Å². The first-order valence-electron chi connectivity index (χ1n) is 10.4. The van der Waals surface area contributed by atoms with Crippen molar-refractivity contribution in [2.24, 2.45) is 5.92 Å². The van der Waals surface area contributed by atoms with Gasteiger partial charge < -0.3 is 24.1 Å². The number of para-hydroxylation sites is 1. The molecule has 4 atom stereocenters. The van der Waals surface area contributed by atoms with Crippen molar-refractivity contribution in [2.75, 3.05) is 20.3 Å². The smallest absolute Gasteiger partial charge is 0.303 e.